The Labute approximate surface area is 186 Å². The maximum Gasteiger partial charge on any atom is 0.165 e. The molecule has 0 saturated carbocycles. The quantitative estimate of drug-likeness (QED) is 0.504. The SMILES string of the molecule is CC(=O)c1c(CC[C@H]2CC[C@@H](C)N2)nc2c(-c3cnc(C(C)(C)O)c(F)c3)cnn2c1N. The van der Waals surface area contributed by atoms with Crippen LogP contribution in [0.3, 0.4) is 0 Å². The molecular formula is C23H29FN6O2. The number of hydrogen-bond donors (Lipinski definition) is 3. The Morgan fingerprint density at radius 3 is 2.72 bits per heavy atom. The first-order valence-corrected chi connectivity index (χ1v) is 10.9. The molecule has 0 bridgehead atoms. The number of nitrogens with two attached hydrogens (primary N) is 1. The zero-order chi connectivity index (χ0) is 23.2. The van der Waals surface area contributed by atoms with Gasteiger partial charge in [0.25, 0.3) is 0 Å². The number of carbonyl (C=O) groups is 1. The minimum Gasteiger partial charge on any atom is -0.384 e. The molecule has 2 atom stereocenters. The van der Waals surface area contributed by atoms with Gasteiger partial charge in [-0.1, -0.05) is 0 Å². The van der Waals surface area contributed by atoms with E-state index in [1.165, 1.54) is 43.7 Å². The summed E-state index contributed by atoms with van der Waals surface area (Å²) >= 11 is 0. The third kappa shape index (κ3) is 4.10. The number of ketones is 1. The molecule has 170 valence electrons. The van der Waals surface area contributed by atoms with Crippen LogP contribution in [0, 0.1) is 5.82 Å². The van der Waals surface area contributed by atoms with E-state index in [2.05, 4.69) is 22.3 Å². The van der Waals surface area contributed by atoms with Crippen molar-refractivity contribution in [2.45, 2.75) is 71.1 Å². The Balaban J connectivity index is 1.77. The molecule has 0 amide bonds. The lowest BCUT2D eigenvalue weighted by Gasteiger charge is -2.17. The largest absolute Gasteiger partial charge is 0.384 e. The van der Waals surface area contributed by atoms with E-state index in [1.54, 1.807) is 0 Å². The molecule has 0 spiro atoms. The van der Waals surface area contributed by atoms with Gasteiger partial charge in [-0.05, 0) is 59.4 Å². The summed E-state index contributed by atoms with van der Waals surface area (Å²) in [5, 5.41) is 17.9. The fourth-order valence-electron chi connectivity index (χ4n) is 4.43. The topological polar surface area (TPSA) is 118 Å². The zero-order valence-corrected chi connectivity index (χ0v) is 18.8. The molecule has 0 unspecified atom stereocenters. The number of aliphatic hydroxyl groups is 1. The highest BCUT2D eigenvalue weighted by atomic mass is 19.1. The van der Waals surface area contributed by atoms with Crippen molar-refractivity contribution in [3.8, 4) is 11.1 Å². The first-order valence-electron chi connectivity index (χ1n) is 10.9. The second kappa shape index (κ2) is 8.22. The van der Waals surface area contributed by atoms with E-state index in [4.69, 9.17) is 10.7 Å². The molecule has 1 aliphatic rings. The van der Waals surface area contributed by atoms with Crippen molar-refractivity contribution in [2.24, 2.45) is 0 Å². The summed E-state index contributed by atoms with van der Waals surface area (Å²) in [7, 11) is 0. The van der Waals surface area contributed by atoms with Gasteiger partial charge in [0.05, 0.1) is 17.5 Å². The lowest BCUT2D eigenvalue weighted by molar-refractivity contribution is 0.0695. The predicted molar refractivity (Wildman–Crippen MR) is 120 cm³/mol. The maximum atomic E-state index is 14.6. The number of nitrogens with one attached hydrogen (secondary N) is 1. The predicted octanol–water partition coefficient (Wildman–Crippen LogP) is 3.02. The van der Waals surface area contributed by atoms with Crippen LogP contribution in [0.25, 0.3) is 16.8 Å². The smallest absolute Gasteiger partial charge is 0.165 e. The van der Waals surface area contributed by atoms with Gasteiger partial charge in [0, 0.05) is 29.4 Å². The van der Waals surface area contributed by atoms with E-state index < -0.39 is 11.4 Å². The highest BCUT2D eigenvalue weighted by Gasteiger charge is 2.26. The van der Waals surface area contributed by atoms with Crippen LogP contribution in [-0.4, -0.2) is 42.6 Å². The number of aryl methyl sites for hydroxylation is 1. The molecule has 0 aromatic carbocycles. The Morgan fingerprint density at radius 1 is 1.38 bits per heavy atom. The van der Waals surface area contributed by atoms with Crippen molar-refractivity contribution in [2.75, 3.05) is 5.73 Å². The zero-order valence-electron chi connectivity index (χ0n) is 18.8. The van der Waals surface area contributed by atoms with Crippen molar-refractivity contribution in [3.05, 3.63) is 41.2 Å². The number of anilines is 1. The van der Waals surface area contributed by atoms with Crippen LogP contribution in [0.2, 0.25) is 0 Å². The second-order valence-electron chi connectivity index (χ2n) is 9.16. The highest BCUT2D eigenvalue weighted by molar-refractivity contribution is 6.00. The summed E-state index contributed by atoms with van der Waals surface area (Å²) in [6.45, 7) is 6.59. The van der Waals surface area contributed by atoms with Gasteiger partial charge in [0.15, 0.2) is 11.4 Å². The van der Waals surface area contributed by atoms with Crippen LogP contribution in [0.4, 0.5) is 10.2 Å². The van der Waals surface area contributed by atoms with Crippen LogP contribution in [0.15, 0.2) is 18.5 Å². The molecular weight excluding hydrogens is 411 g/mol. The molecule has 3 aromatic heterocycles. The molecule has 32 heavy (non-hydrogen) atoms. The number of pyridine rings is 1. The monoisotopic (exact) mass is 440 g/mol. The highest BCUT2D eigenvalue weighted by Crippen LogP contribution is 2.30. The van der Waals surface area contributed by atoms with Gasteiger partial charge in [-0.15, -0.1) is 0 Å². The van der Waals surface area contributed by atoms with Crippen molar-refractivity contribution in [1.82, 2.24) is 24.9 Å². The first-order chi connectivity index (χ1) is 15.1. The number of halogens is 1. The van der Waals surface area contributed by atoms with Gasteiger partial charge in [0.2, 0.25) is 0 Å². The van der Waals surface area contributed by atoms with E-state index in [1.807, 2.05) is 0 Å². The molecule has 8 nitrogen and oxygen atoms in total. The molecule has 4 N–H and O–H groups in total. The Bertz CT molecular complexity index is 1180. The third-order valence-corrected chi connectivity index (χ3v) is 6.04. The van der Waals surface area contributed by atoms with E-state index in [-0.39, 0.29) is 17.3 Å². The summed E-state index contributed by atoms with van der Waals surface area (Å²) < 4.78 is 16.1. The first kappa shape index (κ1) is 22.3. The molecule has 1 aliphatic heterocycles. The van der Waals surface area contributed by atoms with E-state index in [9.17, 15) is 14.3 Å². The van der Waals surface area contributed by atoms with Gasteiger partial charge in [0.1, 0.15) is 22.9 Å². The normalized spacial score (nSPS) is 19.1. The standard InChI is InChI=1S/C23H29FN6O2/c1-12-5-6-15(28-12)7-8-18-19(13(2)31)21(25)30-22(29-18)16(11-27-30)14-9-17(24)20(26-10-14)23(3,4)32/h9-12,15,28,32H,5-8,25H2,1-4H3/t12-,15-/m1/s1. The lowest BCUT2D eigenvalue weighted by atomic mass is 10.0. The fourth-order valence-corrected chi connectivity index (χ4v) is 4.43. The molecule has 4 heterocycles. The summed E-state index contributed by atoms with van der Waals surface area (Å²) in [6, 6.07) is 2.17. The number of aromatic nitrogens is 4. The van der Waals surface area contributed by atoms with Gasteiger partial charge in [-0.3, -0.25) is 9.78 Å². The summed E-state index contributed by atoms with van der Waals surface area (Å²) in [4.78, 5) is 21.2. The van der Waals surface area contributed by atoms with Gasteiger partial charge >= 0.3 is 0 Å². The summed E-state index contributed by atoms with van der Waals surface area (Å²) in [5.41, 5.74) is 7.33. The number of nitrogen functional groups attached to an aromatic ring is 1. The Kier molecular flexibility index (Phi) is 5.72. The van der Waals surface area contributed by atoms with Crippen LogP contribution >= 0.6 is 0 Å². The van der Waals surface area contributed by atoms with Crippen LogP contribution in [0.1, 0.15) is 68.7 Å². The number of fused-ring (bicyclic) bond motifs is 1. The molecule has 4 rings (SSSR count). The van der Waals surface area contributed by atoms with E-state index >= 15 is 0 Å². The van der Waals surface area contributed by atoms with Gasteiger partial charge < -0.3 is 16.2 Å². The lowest BCUT2D eigenvalue weighted by Crippen LogP contribution is -2.27. The number of Topliss-reactive ketones (excluding diaryl/α,β-unsaturated/α-hetero) is 1. The van der Waals surface area contributed by atoms with Crippen LogP contribution < -0.4 is 11.1 Å². The number of hydrogen-bond acceptors (Lipinski definition) is 7. The van der Waals surface area contributed by atoms with E-state index in [0.29, 0.717) is 46.5 Å². The minimum atomic E-state index is -1.40. The van der Waals surface area contributed by atoms with Gasteiger partial charge in [-0.2, -0.15) is 9.61 Å². The molecule has 0 aliphatic carbocycles. The second-order valence-corrected chi connectivity index (χ2v) is 9.16. The van der Waals surface area contributed by atoms with Gasteiger partial charge in [-0.25, -0.2) is 9.37 Å². The molecule has 1 fully saturated rings. The maximum absolute atomic E-state index is 14.6. The van der Waals surface area contributed by atoms with Crippen molar-refractivity contribution in [3.63, 3.8) is 0 Å². The van der Waals surface area contributed by atoms with Crippen LogP contribution in [-0.2, 0) is 12.0 Å². The Morgan fingerprint density at radius 2 is 2.12 bits per heavy atom. The summed E-state index contributed by atoms with van der Waals surface area (Å²) in [5.74, 6) is -0.568. The minimum absolute atomic E-state index is 0.0388. The number of nitrogens with zero attached hydrogens (tertiary/aromatic N) is 4. The molecule has 0 radical (unpaired) electrons. The number of carbonyl (C=O) groups excluding carboxylic acids is 1. The molecule has 3 aromatic rings. The average molecular weight is 441 g/mol. The fraction of sp³-hybridized carbons (Fsp3) is 0.478. The average Bonchev–Trinajstić information content (AvgIpc) is 3.31. The molecule has 9 heteroatoms. The van der Waals surface area contributed by atoms with Crippen molar-refractivity contribution < 1.29 is 14.3 Å². The molecule has 1 saturated heterocycles. The Hall–Kier alpha value is -2.91. The number of rotatable bonds is 6. The third-order valence-electron chi connectivity index (χ3n) is 6.04. The van der Waals surface area contributed by atoms with E-state index in [0.717, 1.165) is 19.3 Å². The van der Waals surface area contributed by atoms with Crippen molar-refractivity contribution in [1.29, 1.82) is 0 Å². The summed E-state index contributed by atoms with van der Waals surface area (Å²) in [6.07, 6.45) is 6.66. The van der Waals surface area contributed by atoms with Crippen LogP contribution in [0.5, 0.6) is 0 Å². The van der Waals surface area contributed by atoms with Crippen molar-refractivity contribution >= 4 is 17.2 Å².